The average molecular weight is 214 g/mol. The maximum Gasteiger partial charge on any atom is 0.143 e. The molecule has 4 N–H and O–H groups in total. The lowest BCUT2D eigenvalue weighted by atomic mass is 10.1. The zero-order valence-electron chi connectivity index (χ0n) is 8.96. The van der Waals surface area contributed by atoms with Crippen molar-refractivity contribution >= 4 is 17.2 Å². The van der Waals surface area contributed by atoms with Crippen LogP contribution in [0.25, 0.3) is 0 Å². The number of nitrogens with one attached hydrogen (secondary N) is 2. The molecule has 1 aliphatic carbocycles. The average Bonchev–Trinajstić information content (AvgIpc) is 2.88. The van der Waals surface area contributed by atoms with Crippen LogP contribution in [0.1, 0.15) is 17.5 Å². The zero-order valence-corrected chi connectivity index (χ0v) is 8.96. The Labute approximate surface area is 93.9 Å². The minimum absolute atomic E-state index is 0.570. The van der Waals surface area contributed by atoms with Crippen LogP contribution in [0.15, 0.2) is 24.4 Å². The number of aryl methyl sites for hydroxylation is 2. The lowest BCUT2D eigenvalue weighted by Crippen LogP contribution is -1.95. The van der Waals surface area contributed by atoms with E-state index in [0.29, 0.717) is 5.82 Å². The largest absolute Gasteiger partial charge is 0.382 e. The molecule has 0 atom stereocenters. The van der Waals surface area contributed by atoms with Gasteiger partial charge in [0, 0.05) is 5.69 Å². The number of H-pyrrole nitrogens is 1. The number of anilines is 3. The molecule has 2 aromatic rings. The van der Waals surface area contributed by atoms with Gasteiger partial charge < -0.3 is 11.1 Å². The molecule has 4 nitrogen and oxygen atoms in total. The molecule has 0 aliphatic heterocycles. The van der Waals surface area contributed by atoms with Crippen molar-refractivity contribution in [2.45, 2.75) is 19.3 Å². The SMILES string of the molecule is Nc1[nH]ncc1Nc1ccc2c(c1)CCC2. The van der Waals surface area contributed by atoms with E-state index in [1.54, 1.807) is 6.20 Å². The van der Waals surface area contributed by atoms with Crippen LogP contribution in [0.4, 0.5) is 17.2 Å². The van der Waals surface area contributed by atoms with Gasteiger partial charge in [-0.25, -0.2) is 0 Å². The first-order valence-corrected chi connectivity index (χ1v) is 5.50. The first kappa shape index (κ1) is 9.27. The molecule has 0 unspecified atom stereocenters. The highest BCUT2D eigenvalue weighted by Gasteiger charge is 2.11. The highest BCUT2D eigenvalue weighted by molar-refractivity contribution is 5.69. The summed E-state index contributed by atoms with van der Waals surface area (Å²) in [5, 5.41) is 9.85. The van der Waals surface area contributed by atoms with Gasteiger partial charge in [0.25, 0.3) is 0 Å². The third-order valence-corrected chi connectivity index (χ3v) is 3.05. The van der Waals surface area contributed by atoms with E-state index in [1.165, 1.54) is 30.4 Å². The number of aromatic amines is 1. The van der Waals surface area contributed by atoms with Gasteiger partial charge >= 0.3 is 0 Å². The summed E-state index contributed by atoms with van der Waals surface area (Å²) >= 11 is 0. The van der Waals surface area contributed by atoms with Crippen LogP contribution in [0, 0.1) is 0 Å². The molecule has 16 heavy (non-hydrogen) atoms. The number of hydrogen-bond acceptors (Lipinski definition) is 3. The molecule has 1 aromatic carbocycles. The number of fused-ring (bicyclic) bond motifs is 1. The van der Waals surface area contributed by atoms with Gasteiger partial charge in [0.15, 0.2) is 0 Å². The summed E-state index contributed by atoms with van der Waals surface area (Å²) in [5.41, 5.74) is 10.6. The number of nitrogen functional groups attached to an aromatic ring is 1. The van der Waals surface area contributed by atoms with E-state index < -0.39 is 0 Å². The van der Waals surface area contributed by atoms with E-state index in [4.69, 9.17) is 5.73 Å². The Kier molecular flexibility index (Phi) is 2.06. The fraction of sp³-hybridized carbons (Fsp3) is 0.250. The highest BCUT2D eigenvalue weighted by atomic mass is 15.2. The predicted octanol–water partition coefficient (Wildman–Crippen LogP) is 2.22. The van der Waals surface area contributed by atoms with Gasteiger partial charge in [0.05, 0.1) is 6.20 Å². The van der Waals surface area contributed by atoms with Crippen LogP contribution in [0.2, 0.25) is 0 Å². The van der Waals surface area contributed by atoms with Crippen LogP contribution in [-0.4, -0.2) is 10.2 Å². The molecule has 4 heteroatoms. The number of benzene rings is 1. The van der Waals surface area contributed by atoms with Crippen LogP contribution in [0.5, 0.6) is 0 Å². The molecule has 0 bridgehead atoms. The topological polar surface area (TPSA) is 66.7 Å². The lowest BCUT2D eigenvalue weighted by molar-refractivity contribution is 0.912. The third kappa shape index (κ3) is 1.52. The van der Waals surface area contributed by atoms with Gasteiger partial charge in [0.2, 0.25) is 0 Å². The Morgan fingerprint density at radius 3 is 2.94 bits per heavy atom. The second kappa shape index (κ2) is 3.56. The van der Waals surface area contributed by atoms with E-state index in [0.717, 1.165) is 11.4 Å². The van der Waals surface area contributed by atoms with E-state index in [9.17, 15) is 0 Å². The molecule has 3 rings (SSSR count). The van der Waals surface area contributed by atoms with Crippen molar-refractivity contribution in [3.05, 3.63) is 35.5 Å². The minimum atomic E-state index is 0.570. The molecule has 1 aromatic heterocycles. The molecule has 1 aliphatic rings. The first-order valence-electron chi connectivity index (χ1n) is 5.50. The van der Waals surface area contributed by atoms with Gasteiger partial charge in [-0.05, 0) is 42.5 Å². The Hall–Kier alpha value is -1.97. The van der Waals surface area contributed by atoms with Crippen LogP contribution in [-0.2, 0) is 12.8 Å². The molecule has 0 spiro atoms. The monoisotopic (exact) mass is 214 g/mol. The summed E-state index contributed by atoms with van der Waals surface area (Å²) in [5.74, 6) is 0.570. The van der Waals surface area contributed by atoms with Crippen molar-refractivity contribution in [1.29, 1.82) is 0 Å². The first-order chi connectivity index (χ1) is 7.83. The summed E-state index contributed by atoms with van der Waals surface area (Å²) in [4.78, 5) is 0. The van der Waals surface area contributed by atoms with Gasteiger partial charge in [-0.2, -0.15) is 5.10 Å². The standard InChI is InChI=1S/C12H14N4/c13-12-11(7-14-16-12)15-10-5-4-8-2-1-3-9(8)6-10/h4-7,15H,1-3H2,(H3,13,14,16). The van der Waals surface area contributed by atoms with Crippen molar-refractivity contribution in [3.8, 4) is 0 Å². The fourth-order valence-corrected chi connectivity index (χ4v) is 2.20. The lowest BCUT2D eigenvalue weighted by Gasteiger charge is -2.07. The normalized spacial score (nSPS) is 13.8. The molecule has 0 fully saturated rings. The summed E-state index contributed by atoms with van der Waals surface area (Å²) in [6.07, 6.45) is 5.37. The number of nitrogens with two attached hydrogens (primary N) is 1. The van der Waals surface area contributed by atoms with Crippen molar-refractivity contribution in [2.24, 2.45) is 0 Å². The third-order valence-electron chi connectivity index (χ3n) is 3.05. The maximum atomic E-state index is 5.72. The van der Waals surface area contributed by atoms with Crippen LogP contribution in [0.3, 0.4) is 0 Å². The minimum Gasteiger partial charge on any atom is -0.382 e. The molecule has 82 valence electrons. The van der Waals surface area contributed by atoms with Crippen molar-refractivity contribution < 1.29 is 0 Å². The van der Waals surface area contributed by atoms with Gasteiger partial charge in [0.1, 0.15) is 11.5 Å². The smallest absolute Gasteiger partial charge is 0.143 e. The molecule has 0 amide bonds. The molecule has 0 radical (unpaired) electrons. The Bertz CT molecular complexity index is 515. The second-order valence-corrected chi connectivity index (χ2v) is 4.16. The van der Waals surface area contributed by atoms with Gasteiger partial charge in [-0.1, -0.05) is 6.07 Å². The number of nitrogens with zero attached hydrogens (tertiary/aromatic N) is 1. The van der Waals surface area contributed by atoms with Crippen LogP contribution < -0.4 is 11.1 Å². The molecular weight excluding hydrogens is 200 g/mol. The Morgan fingerprint density at radius 1 is 1.25 bits per heavy atom. The fourth-order valence-electron chi connectivity index (χ4n) is 2.20. The van der Waals surface area contributed by atoms with Gasteiger partial charge in [-0.3, -0.25) is 5.10 Å². The molecule has 1 heterocycles. The highest BCUT2D eigenvalue weighted by Crippen LogP contribution is 2.27. The summed E-state index contributed by atoms with van der Waals surface area (Å²) in [7, 11) is 0. The zero-order chi connectivity index (χ0) is 11.0. The van der Waals surface area contributed by atoms with Gasteiger partial charge in [-0.15, -0.1) is 0 Å². The number of aromatic nitrogens is 2. The second-order valence-electron chi connectivity index (χ2n) is 4.16. The van der Waals surface area contributed by atoms with Crippen molar-refractivity contribution in [1.82, 2.24) is 10.2 Å². The number of hydrogen-bond donors (Lipinski definition) is 3. The summed E-state index contributed by atoms with van der Waals surface area (Å²) < 4.78 is 0. The van der Waals surface area contributed by atoms with Crippen molar-refractivity contribution in [2.75, 3.05) is 11.1 Å². The Balaban J connectivity index is 1.88. The number of rotatable bonds is 2. The predicted molar refractivity (Wildman–Crippen MR) is 64.7 cm³/mol. The van der Waals surface area contributed by atoms with E-state index >= 15 is 0 Å². The van der Waals surface area contributed by atoms with Crippen LogP contribution >= 0.6 is 0 Å². The van der Waals surface area contributed by atoms with E-state index in [2.05, 4.69) is 33.7 Å². The quantitative estimate of drug-likeness (QED) is 0.718. The van der Waals surface area contributed by atoms with E-state index in [1.807, 2.05) is 0 Å². The van der Waals surface area contributed by atoms with E-state index in [-0.39, 0.29) is 0 Å². The molecule has 0 saturated carbocycles. The summed E-state index contributed by atoms with van der Waals surface area (Å²) in [6.45, 7) is 0. The summed E-state index contributed by atoms with van der Waals surface area (Å²) in [6, 6.07) is 6.49. The molecule has 0 saturated heterocycles. The Morgan fingerprint density at radius 2 is 2.12 bits per heavy atom. The molecular formula is C12H14N4. The van der Waals surface area contributed by atoms with Crippen molar-refractivity contribution in [3.63, 3.8) is 0 Å². The maximum absolute atomic E-state index is 5.72.